The monoisotopic (exact) mass is 335 g/mol. The van der Waals surface area contributed by atoms with E-state index in [2.05, 4.69) is 0 Å². The van der Waals surface area contributed by atoms with Crippen molar-refractivity contribution in [2.24, 2.45) is 0 Å². The number of nitrogens with one attached hydrogen (secondary N) is 1. The van der Waals surface area contributed by atoms with Crippen LogP contribution in [0.15, 0.2) is 21.3 Å². The molecule has 0 saturated carbocycles. The number of nitrogens with two attached hydrogens (primary N) is 2. The summed E-state index contributed by atoms with van der Waals surface area (Å²) in [4.78, 5) is 12.1. The fourth-order valence-electron chi connectivity index (χ4n) is 2.32. The van der Waals surface area contributed by atoms with Crippen LogP contribution in [0.5, 0.6) is 0 Å². The van der Waals surface area contributed by atoms with Crippen LogP contribution in [0.2, 0.25) is 10.0 Å². The molecule has 0 saturated heterocycles. The Hall–Kier alpha value is -2.69. The summed E-state index contributed by atoms with van der Waals surface area (Å²) in [5.74, 6) is 5.36. The van der Waals surface area contributed by atoms with Gasteiger partial charge >= 0.3 is 0 Å². The number of benzene rings is 1. The Balaban J connectivity index is 2.85. The molecule has 2 heterocycles. The number of fused-ring (bicyclic) bond motifs is 3. The van der Waals surface area contributed by atoms with E-state index in [9.17, 15) is 10.1 Å². The third kappa shape index (κ3) is 1.75. The van der Waals surface area contributed by atoms with Crippen LogP contribution in [0.1, 0.15) is 5.56 Å². The van der Waals surface area contributed by atoms with Crippen molar-refractivity contribution >= 4 is 50.8 Å². The summed E-state index contributed by atoms with van der Waals surface area (Å²) in [6, 6.07) is 4.70. The van der Waals surface area contributed by atoms with E-state index in [4.69, 9.17) is 44.6 Å². The summed E-state index contributed by atoms with van der Waals surface area (Å²) in [7, 11) is 0. The van der Waals surface area contributed by atoms with E-state index in [0.717, 1.165) is 0 Å². The van der Waals surface area contributed by atoms with Crippen LogP contribution < -0.4 is 22.7 Å². The minimum Gasteiger partial charge on any atom is -0.437 e. The number of aromatic nitrogens is 1. The molecular weight excluding hydrogens is 329 g/mol. The van der Waals surface area contributed by atoms with Gasteiger partial charge in [-0.1, -0.05) is 23.2 Å². The molecule has 22 heavy (non-hydrogen) atoms. The molecule has 0 atom stereocenters. The van der Waals surface area contributed by atoms with Crippen LogP contribution in [0.3, 0.4) is 0 Å². The van der Waals surface area contributed by atoms with Gasteiger partial charge in [-0.2, -0.15) is 5.26 Å². The normalized spacial score (nSPS) is 11.0. The molecule has 1 aromatic carbocycles. The first-order valence-corrected chi connectivity index (χ1v) is 6.62. The van der Waals surface area contributed by atoms with Crippen LogP contribution >= 0.6 is 23.2 Å². The Labute approximate surface area is 132 Å². The molecule has 5 N–H and O–H groups in total. The van der Waals surface area contributed by atoms with Gasteiger partial charge in [-0.15, -0.1) is 0 Å². The number of pyridine rings is 1. The van der Waals surface area contributed by atoms with Crippen LogP contribution in [0, 0.1) is 16.7 Å². The quantitative estimate of drug-likeness (QED) is 0.424. The molecule has 2 aromatic heterocycles. The van der Waals surface area contributed by atoms with Crippen molar-refractivity contribution in [2.45, 2.75) is 0 Å². The summed E-state index contributed by atoms with van der Waals surface area (Å²) in [6.07, 6.45) is 0. The zero-order chi connectivity index (χ0) is 16.2. The maximum atomic E-state index is 12.1. The number of rotatable bonds is 0. The second-order valence-corrected chi connectivity index (χ2v) is 5.34. The number of hydrogen-bond acceptors (Lipinski definition) is 6. The molecular formula is C13H7Cl2N5O2. The van der Waals surface area contributed by atoms with Crippen molar-refractivity contribution in [2.75, 3.05) is 11.6 Å². The van der Waals surface area contributed by atoms with Crippen molar-refractivity contribution in [1.29, 1.82) is 10.7 Å². The van der Waals surface area contributed by atoms with E-state index < -0.39 is 5.56 Å². The first-order valence-electron chi connectivity index (χ1n) is 5.86. The summed E-state index contributed by atoms with van der Waals surface area (Å²) in [5.41, 5.74) is 4.52. The van der Waals surface area contributed by atoms with Gasteiger partial charge in [-0.3, -0.25) is 10.2 Å². The van der Waals surface area contributed by atoms with Gasteiger partial charge in [0.1, 0.15) is 17.5 Å². The summed E-state index contributed by atoms with van der Waals surface area (Å²) >= 11 is 12.0. The number of nitriles is 1. The van der Waals surface area contributed by atoms with Gasteiger partial charge in [0.05, 0.1) is 10.4 Å². The maximum Gasteiger partial charge on any atom is 0.289 e. The molecule has 3 rings (SSSR count). The minimum absolute atomic E-state index is 0.0458. The predicted molar refractivity (Wildman–Crippen MR) is 83.1 cm³/mol. The molecule has 0 aliphatic carbocycles. The van der Waals surface area contributed by atoms with Gasteiger partial charge in [-0.05, 0) is 12.1 Å². The minimum atomic E-state index is -0.782. The third-order valence-electron chi connectivity index (χ3n) is 3.27. The van der Waals surface area contributed by atoms with Crippen molar-refractivity contribution < 1.29 is 4.42 Å². The predicted octanol–water partition coefficient (Wildman–Crippen LogP) is 1.70. The summed E-state index contributed by atoms with van der Waals surface area (Å²) in [6.45, 7) is 0. The van der Waals surface area contributed by atoms with E-state index in [1.54, 1.807) is 6.07 Å². The molecule has 0 unspecified atom stereocenters. The lowest BCUT2D eigenvalue weighted by atomic mass is 10.0. The number of halogens is 2. The standard InChI is InChI=1S/C13H7Cl2N5O2/c14-4-1-5-8-6(3-16)13(21)20(19)11(17)9(8)12(18)22-10(5)7(15)2-4/h1-2,18H,17,19H2. The van der Waals surface area contributed by atoms with Gasteiger partial charge in [0.15, 0.2) is 5.58 Å². The summed E-state index contributed by atoms with van der Waals surface area (Å²) in [5, 5.41) is 18.2. The average molecular weight is 336 g/mol. The van der Waals surface area contributed by atoms with Crippen LogP contribution in [0.25, 0.3) is 21.7 Å². The highest BCUT2D eigenvalue weighted by atomic mass is 35.5. The number of nitrogen functional groups attached to an aromatic ring is 2. The van der Waals surface area contributed by atoms with E-state index in [1.807, 2.05) is 0 Å². The Morgan fingerprint density at radius 1 is 1.32 bits per heavy atom. The van der Waals surface area contributed by atoms with Crippen molar-refractivity contribution in [3.05, 3.63) is 43.6 Å². The largest absolute Gasteiger partial charge is 0.437 e. The Morgan fingerprint density at radius 2 is 2.00 bits per heavy atom. The van der Waals surface area contributed by atoms with Crippen molar-refractivity contribution in [3.8, 4) is 6.07 Å². The molecule has 0 radical (unpaired) electrons. The average Bonchev–Trinajstić information content (AvgIpc) is 2.46. The molecule has 3 aromatic rings. The highest BCUT2D eigenvalue weighted by Gasteiger charge is 2.20. The third-order valence-corrected chi connectivity index (χ3v) is 3.77. The maximum absolute atomic E-state index is 12.1. The van der Waals surface area contributed by atoms with Crippen LogP contribution in [-0.4, -0.2) is 4.68 Å². The fraction of sp³-hybridized carbons (Fsp3) is 0. The van der Waals surface area contributed by atoms with Crippen LogP contribution in [0.4, 0.5) is 5.82 Å². The number of nitrogens with zero attached hydrogens (tertiary/aromatic N) is 2. The summed E-state index contributed by atoms with van der Waals surface area (Å²) < 4.78 is 5.96. The van der Waals surface area contributed by atoms with Gasteiger partial charge in [0.25, 0.3) is 5.56 Å². The second kappa shape index (κ2) is 4.66. The van der Waals surface area contributed by atoms with Crippen molar-refractivity contribution in [3.63, 3.8) is 0 Å². The molecule has 9 heteroatoms. The van der Waals surface area contributed by atoms with Crippen molar-refractivity contribution in [1.82, 2.24) is 4.68 Å². The molecule has 0 amide bonds. The highest BCUT2D eigenvalue weighted by Crippen LogP contribution is 2.33. The van der Waals surface area contributed by atoms with E-state index in [-0.39, 0.29) is 43.3 Å². The first-order chi connectivity index (χ1) is 10.4. The van der Waals surface area contributed by atoms with E-state index >= 15 is 0 Å². The zero-order valence-corrected chi connectivity index (χ0v) is 12.3. The SMILES string of the molecule is N#Cc1c(=O)n(N)c(N)c2c(=N)oc3c(Cl)cc(Cl)cc3c12. The Morgan fingerprint density at radius 3 is 2.64 bits per heavy atom. The lowest BCUT2D eigenvalue weighted by Crippen LogP contribution is -2.32. The Kier molecular flexibility index (Phi) is 3.02. The second-order valence-electron chi connectivity index (χ2n) is 4.49. The first kappa shape index (κ1) is 14.3. The topological polar surface area (TPSA) is 135 Å². The van der Waals surface area contributed by atoms with E-state index in [1.165, 1.54) is 12.1 Å². The molecule has 0 aliphatic rings. The zero-order valence-electron chi connectivity index (χ0n) is 10.8. The van der Waals surface area contributed by atoms with Gasteiger partial charge in [-0.25, -0.2) is 4.68 Å². The lowest BCUT2D eigenvalue weighted by molar-refractivity contribution is 0.542. The molecule has 0 spiro atoms. The molecule has 0 bridgehead atoms. The van der Waals surface area contributed by atoms with Gasteiger partial charge in [0.2, 0.25) is 5.55 Å². The molecule has 7 nitrogen and oxygen atoms in total. The van der Waals surface area contributed by atoms with E-state index in [0.29, 0.717) is 10.1 Å². The number of anilines is 1. The number of hydrogen-bond donors (Lipinski definition) is 3. The lowest BCUT2D eigenvalue weighted by Gasteiger charge is -2.11. The molecule has 0 fully saturated rings. The smallest absolute Gasteiger partial charge is 0.289 e. The van der Waals surface area contributed by atoms with Crippen LogP contribution in [-0.2, 0) is 0 Å². The Bertz CT molecular complexity index is 1120. The highest BCUT2D eigenvalue weighted by molar-refractivity contribution is 6.39. The van der Waals surface area contributed by atoms with Gasteiger partial charge in [0, 0.05) is 15.8 Å². The van der Waals surface area contributed by atoms with Gasteiger partial charge < -0.3 is 16.0 Å². The molecule has 0 aliphatic heterocycles. The fourth-order valence-corrected chi connectivity index (χ4v) is 2.85. The molecule has 110 valence electrons.